The quantitative estimate of drug-likeness (QED) is 0.429. The summed E-state index contributed by atoms with van der Waals surface area (Å²) in [4.78, 5) is 22.4. The fourth-order valence-corrected chi connectivity index (χ4v) is 3.51. The number of hydrogen-bond donors (Lipinski definition) is 2. The molecule has 4 rings (SSSR count). The molecule has 1 atom stereocenters. The van der Waals surface area contributed by atoms with Crippen LogP contribution >= 0.6 is 15.9 Å². The number of anilines is 1. The molecule has 2 aromatic carbocycles. The number of nitrogens with zero attached hydrogens (tertiary/aromatic N) is 4. The Morgan fingerprint density at radius 1 is 1.23 bits per heavy atom. The predicted octanol–water partition coefficient (Wildman–Crippen LogP) is 4.34. The van der Waals surface area contributed by atoms with Gasteiger partial charge in [-0.2, -0.15) is 9.78 Å². The van der Waals surface area contributed by atoms with E-state index in [1.165, 1.54) is 4.68 Å². The molecule has 4 aromatic rings. The van der Waals surface area contributed by atoms with Crippen molar-refractivity contribution in [3.8, 4) is 0 Å². The van der Waals surface area contributed by atoms with Crippen LogP contribution in [0.5, 0.6) is 0 Å². The maximum absolute atomic E-state index is 13.0. The fraction of sp³-hybridized carbons (Fsp3) is 0.182. The van der Waals surface area contributed by atoms with Gasteiger partial charge in [0.25, 0.3) is 5.91 Å². The van der Waals surface area contributed by atoms with E-state index in [0.717, 1.165) is 16.5 Å². The Bertz CT molecular complexity index is 1280. The number of amides is 1. The number of fused-ring (bicyclic) bond motifs is 2. The molecule has 3 N–H and O–H groups in total. The summed E-state index contributed by atoms with van der Waals surface area (Å²) in [7, 11) is 0. The van der Waals surface area contributed by atoms with Crippen LogP contribution in [0.15, 0.2) is 58.1 Å². The second kappa shape index (κ2) is 8.23. The van der Waals surface area contributed by atoms with E-state index in [9.17, 15) is 4.79 Å². The Morgan fingerprint density at radius 2 is 1.97 bits per heavy atom. The number of aromatic nitrogens is 3. The first-order valence-electron chi connectivity index (χ1n) is 9.65. The van der Waals surface area contributed by atoms with E-state index in [4.69, 9.17) is 5.73 Å². The summed E-state index contributed by atoms with van der Waals surface area (Å²) in [6.07, 6.45) is 2.48. The largest absolute Gasteiger partial charge is 0.383 e. The van der Waals surface area contributed by atoms with E-state index in [2.05, 4.69) is 36.3 Å². The van der Waals surface area contributed by atoms with E-state index in [-0.39, 0.29) is 23.3 Å². The number of halogens is 1. The molecule has 152 valence electrons. The number of hydrogen-bond acceptors (Lipinski definition) is 5. The minimum atomic E-state index is -0.284. The van der Waals surface area contributed by atoms with Gasteiger partial charge in [-0.25, -0.2) is 9.97 Å². The Morgan fingerprint density at radius 3 is 2.67 bits per heavy atom. The maximum atomic E-state index is 13.0. The van der Waals surface area contributed by atoms with Crippen molar-refractivity contribution in [2.24, 2.45) is 5.10 Å². The van der Waals surface area contributed by atoms with Crippen molar-refractivity contribution in [1.82, 2.24) is 20.0 Å². The number of carbonyl (C=O) groups is 1. The SMILES string of the molecule is CC[C@H](C)NC(=O)c1c(N)n(/N=C\c2cccc(Br)c2)c2nc3ccccc3nc12. The highest BCUT2D eigenvalue weighted by molar-refractivity contribution is 9.10. The smallest absolute Gasteiger partial charge is 0.257 e. The Labute approximate surface area is 182 Å². The zero-order valence-corrected chi connectivity index (χ0v) is 18.2. The molecule has 2 aromatic heterocycles. The molecule has 7 nitrogen and oxygen atoms in total. The summed E-state index contributed by atoms with van der Waals surface area (Å²) in [6.45, 7) is 3.95. The molecular weight excluding hydrogens is 444 g/mol. The number of nitrogen functional groups attached to an aromatic ring is 1. The van der Waals surface area contributed by atoms with Gasteiger partial charge >= 0.3 is 0 Å². The Hall–Kier alpha value is -3.26. The van der Waals surface area contributed by atoms with Crippen LogP contribution in [-0.2, 0) is 0 Å². The second-order valence-corrected chi connectivity index (χ2v) is 7.95. The van der Waals surface area contributed by atoms with Crippen LogP contribution in [0.25, 0.3) is 22.2 Å². The number of para-hydroxylation sites is 2. The topological polar surface area (TPSA) is 98.2 Å². The molecule has 0 aliphatic heterocycles. The van der Waals surface area contributed by atoms with Gasteiger partial charge in [-0.15, -0.1) is 0 Å². The zero-order chi connectivity index (χ0) is 21.3. The monoisotopic (exact) mass is 464 g/mol. The number of nitrogens with two attached hydrogens (primary N) is 1. The summed E-state index contributed by atoms with van der Waals surface area (Å²) < 4.78 is 2.41. The maximum Gasteiger partial charge on any atom is 0.257 e. The zero-order valence-electron chi connectivity index (χ0n) is 16.6. The minimum absolute atomic E-state index is 0.00823. The molecule has 0 saturated carbocycles. The lowest BCUT2D eigenvalue weighted by Crippen LogP contribution is -2.32. The number of carbonyl (C=O) groups excluding carboxylic acids is 1. The summed E-state index contributed by atoms with van der Waals surface area (Å²) in [5, 5.41) is 7.48. The predicted molar refractivity (Wildman–Crippen MR) is 124 cm³/mol. The van der Waals surface area contributed by atoms with Gasteiger partial charge in [0.2, 0.25) is 0 Å². The summed E-state index contributed by atoms with van der Waals surface area (Å²) in [5.74, 6) is -0.0832. The first-order valence-corrected chi connectivity index (χ1v) is 10.4. The van der Waals surface area contributed by atoms with Gasteiger partial charge in [-0.05, 0) is 43.2 Å². The fourth-order valence-electron chi connectivity index (χ4n) is 3.10. The van der Waals surface area contributed by atoms with E-state index in [1.807, 2.05) is 62.4 Å². The molecule has 2 heterocycles. The molecule has 0 unspecified atom stereocenters. The first kappa shape index (κ1) is 20.0. The average molecular weight is 465 g/mol. The van der Waals surface area contributed by atoms with Crippen LogP contribution in [0, 0.1) is 0 Å². The molecule has 0 spiro atoms. The van der Waals surface area contributed by atoms with E-state index < -0.39 is 0 Å². The molecule has 30 heavy (non-hydrogen) atoms. The van der Waals surface area contributed by atoms with Crippen LogP contribution in [0.1, 0.15) is 36.2 Å². The standard InChI is InChI=1S/C22H21BrN6O/c1-3-13(2)26-22(30)18-19-21(28-17-10-5-4-9-16(17)27-19)29(20(18)24)25-12-14-7-6-8-15(23)11-14/h4-13H,3,24H2,1-2H3,(H,26,30)/b25-12-/t13-/m0/s1. The molecular formula is C22H21BrN6O. The molecule has 8 heteroatoms. The number of rotatable bonds is 5. The third kappa shape index (κ3) is 3.78. The molecule has 0 fully saturated rings. The van der Waals surface area contributed by atoms with E-state index in [0.29, 0.717) is 22.2 Å². The van der Waals surface area contributed by atoms with Crippen LogP contribution in [0.4, 0.5) is 5.82 Å². The highest BCUT2D eigenvalue weighted by Crippen LogP contribution is 2.28. The molecule has 0 bridgehead atoms. The third-order valence-electron chi connectivity index (χ3n) is 4.86. The number of nitrogens with one attached hydrogen (secondary N) is 1. The van der Waals surface area contributed by atoms with Gasteiger partial charge in [0.1, 0.15) is 16.9 Å². The molecule has 0 saturated heterocycles. The molecule has 0 radical (unpaired) electrons. The molecule has 0 aliphatic rings. The summed E-state index contributed by atoms with van der Waals surface area (Å²) in [5.41, 5.74) is 9.82. The summed E-state index contributed by atoms with van der Waals surface area (Å²) >= 11 is 3.45. The molecule has 1 amide bonds. The van der Waals surface area contributed by atoms with Gasteiger partial charge in [0.15, 0.2) is 5.65 Å². The molecule has 0 aliphatic carbocycles. The lowest BCUT2D eigenvalue weighted by molar-refractivity contribution is 0.0941. The third-order valence-corrected chi connectivity index (χ3v) is 5.36. The van der Waals surface area contributed by atoms with E-state index >= 15 is 0 Å². The van der Waals surface area contributed by atoms with Crippen molar-refractivity contribution in [3.63, 3.8) is 0 Å². The van der Waals surface area contributed by atoms with Crippen LogP contribution < -0.4 is 11.1 Å². The van der Waals surface area contributed by atoms with Gasteiger partial charge in [0.05, 0.1) is 17.2 Å². The Balaban J connectivity index is 1.91. The van der Waals surface area contributed by atoms with Crippen molar-refractivity contribution < 1.29 is 4.79 Å². The highest BCUT2D eigenvalue weighted by Gasteiger charge is 2.24. The van der Waals surface area contributed by atoms with Crippen LogP contribution in [-0.4, -0.2) is 32.8 Å². The average Bonchev–Trinajstić information content (AvgIpc) is 3.00. The van der Waals surface area contributed by atoms with Crippen molar-refractivity contribution in [2.75, 3.05) is 5.73 Å². The van der Waals surface area contributed by atoms with Crippen molar-refractivity contribution in [2.45, 2.75) is 26.3 Å². The second-order valence-electron chi connectivity index (χ2n) is 7.04. The van der Waals surface area contributed by atoms with Gasteiger partial charge < -0.3 is 11.1 Å². The van der Waals surface area contributed by atoms with Gasteiger partial charge in [-0.1, -0.05) is 47.1 Å². The van der Waals surface area contributed by atoms with Crippen LogP contribution in [0.3, 0.4) is 0 Å². The first-order chi connectivity index (χ1) is 14.5. The van der Waals surface area contributed by atoms with Gasteiger partial charge in [-0.3, -0.25) is 4.79 Å². The van der Waals surface area contributed by atoms with Crippen molar-refractivity contribution >= 4 is 56.1 Å². The lowest BCUT2D eigenvalue weighted by Gasteiger charge is -2.11. The van der Waals surface area contributed by atoms with Crippen molar-refractivity contribution in [1.29, 1.82) is 0 Å². The number of benzene rings is 2. The lowest BCUT2D eigenvalue weighted by atomic mass is 10.2. The van der Waals surface area contributed by atoms with Gasteiger partial charge in [0, 0.05) is 10.5 Å². The summed E-state index contributed by atoms with van der Waals surface area (Å²) in [6, 6.07) is 15.2. The highest BCUT2D eigenvalue weighted by atomic mass is 79.9. The minimum Gasteiger partial charge on any atom is -0.383 e. The Kier molecular flexibility index (Phi) is 5.50. The normalized spacial score (nSPS) is 12.6. The van der Waals surface area contributed by atoms with Crippen LogP contribution in [0.2, 0.25) is 0 Å². The van der Waals surface area contributed by atoms with Crippen molar-refractivity contribution in [3.05, 3.63) is 64.1 Å². The van der Waals surface area contributed by atoms with E-state index in [1.54, 1.807) is 6.21 Å².